The van der Waals surface area contributed by atoms with Crippen molar-refractivity contribution in [2.45, 2.75) is 25.0 Å². The molecule has 0 saturated carbocycles. The van der Waals surface area contributed by atoms with Crippen LogP contribution in [0, 0.1) is 11.8 Å². The molecule has 5 heterocycles. The minimum atomic E-state index is -1.86. The second-order valence-electron chi connectivity index (χ2n) is 12.8. The Labute approximate surface area is 273 Å². The van der Waals surface area contributed by atoms with Crippen LogP contribution in [0.1, 0.15) is 24.5 Å². The van der Waals surface area contributed by atoms with Crippen LogP contribution in [0.25, 0.3) is 54.4 Å². The fourth-order valence-corrected chi connectivity index (χ4v) is 9.22. The SMILES string of the molecule is C=C[C@H]1CN2CC[C@H]1C[C@H]2[C@H](Op1oc2ccc3ccccc3c2c2c(ccc3ccccc32)o1)c1ccnc2ccc(OC)cc12. The van der Waals surface area contributed by atoms with E-state index in [9.17, 15) is 0 Å². The van der Waals surface area contributed by atoms with Crippen LogP contribution in [0.4, 0.5) is 0 Å². The number of aromatic nitrogens is 1. The molecule has 47 heavy (non-hydrogen) atoms. The Morgan fingerprint density at radius 3 is 2.21 bits per heavy atom. The summed E-state index contributed by atoms with van der Waals surface area (Å²) in [5.41, 5.74) is 3.50. The van der Waals surface area contributed by atoms with Crippen LogP contribution in [-0.4, -0.2) is 36.1 Å². The molecule has 2 aromatic heterocycles. The quantitative estimate of drug-likeness (QED) is 0.169. The molecule has 6 nitrogen and oxygen atoms in total. The topological polar surface area (TPSA) is 60.9 Å². The molecule has 7 aromatic rings. The number of rotatable bonds is 6. The van der Waals surface area contributed by atoms with Gasteiger partial charge in [0.1, 0.15) is 23.0 Å². The number of piperidine rings is 3. The molecular weight excluding hydrogens is 603 g/mol. The van der Waals surface area contributed by atoms with Gasteiger partial charge in [0.15, 0.2) is 0 Å². The Morgan fingerprint density at radius 2 is 1.57 bits per heavy atom. The molecule has 0 amide bonds. The van der Waals surface area contributed by atoms with Crippen molar-refractivity contribution in [2.75, 3.05) is 20.2 Å². The van der Waals surface area contributed by atoms with Crippen LogP contribution < -0.4 is 9.26 Å². The zero-order chi connectivity index (χ0) is 31.5. The van der Waals surface area contributed by atoms with Crippen molar-refractivity contribution in [3.05, 3.63) is 121 Å². The third kappa shape index (κ3) is 4.82. The highest BCUT2D eigenvalue weighted by atomic mass is 31.1. The summed E-state index contributed by atoms with van der Waals surface area (Å²) in [7, 11) is -0.160. The predicted octanol–water partition coefficient (Wildman–Crippen LogP) is 10.2. The summed E-state index contributed by atoms with van der Waals surface area (Å²) in [6, 6.07) is 33.6. The van der Waals surface area contributed by atoms with E-state index in [1.54, 1.807) is 7.11 Å². The van der Waals surface area contributed by atoms with Gasteiger partial charge in [0.2, 0.25) is 0 Å². The largest absolute Gasteiger partial charge is 0.497 e. The fraction of sp³-hybridized carbons (Fsp3) is 0.225. The molecule has 2 bridgehead atoms. The van der Waals surface area contributed by atoms with Crippen LogP contribution >= 0.6 is 8.24 Å². The van der Waals surface area contributed by atoms with Crippen molar-refractivity contribution in [1.82, 2.24) is 9.88 Å². The number of methoxy groups -OCH3 is 1. The normalized spacial score (nSPS) is 21.5. The van der Waals surface area contributed by atoms with E-state index in [0.717, 1.165) is 85.2 Å². The molecule has 10 rings (SSSR count). The lowest BCUT2D eigenvalue weighted by Gasteiger charge is -2.51. The Kier molecular flexibility index (Phi) is 7.04. The lowest BCUT2D eigenvalue weighted by molar-refractivity contribution is -0.0256. The zero-order valence-electron chi connectivity index (χ0n) is 26.2. The van der Waals surface area contributed by atoms with Crippen LogP contribution in [0.2, 0.25) is 0 Å². The van der Waals surface area contributed by atoms with E-state index in [1.807, 2.05) is 18.3 Å². The molecule has 3 aliphatic heterocycles. The summed E-state index contributed by atoms with van der Waals surface area (Å²) in [6.07, 6.45) is 5.89. The Morgan fingerprint density at radius 1 is 0.872 bits per heavy atom. The Balaban J connectivity index is 1.29. The van der Waals surface area contributed by atoms with Crippen molar-refractivity contribution >= 4 is 62.6 Å². The van der Waals surface area contributed by atoms with Gasteiger partial charge >= 0.3 is 8.24 Å². The number of nitrogens with zero attached hydrogens (tertiary/aromatic N) is 2. The molecule has 234 valence electrons. The maximum atomic E-state index is 7.22. The second-order valence-corrected chi connectivity index (χ2v) is 13.8. The van der Waals surface area contributed by atoms with Gasteiger partial charge in [-0.15, -0.1) is 6.58 Å². The maximum absolute atomic E-state index is 7.22. The molecule has 1 unspecified atom stereocenters. The van der Waals surface area contributed by atoms with Crippen LogP contribution in [0.15, 0.2) is 124 Å². The van der Waals surface area contributed by atoms with Gasteiger partial charge in [-0.05, 0) is 94.7 Å². The van der Waals surface area contributed by atoms with E-state index in [2.05, 4.69) is 102 Å². The van der Waals surface area contributed by atoms with E-state index in [1.165, 1.54) is 6.42 Å². The maximum Gasteiger partial charge on any atom is 0.388 e. The molecule has 0 spiro atoms. The second kappa shape index (κ2) is 11.6. The molecule has 3 aliphatic rings. The predicted molar refractivity (Wildman–Crippen MR) is 191 cm³/mol. The summed E-state index contributed by atoms with van der Waals surface area (Å²) in [5, 5.41) is 7.64. The third-order valence-corrected chi connectivity index (χ3v) is 11.5. The molecule has 3 fully saturated rings. The van der Waals surface area contributed by atoms with Gasteiger partial charge in [-0.3, -0.25) is 14.4 Å². The highest BCUT2D eigenvalue weighted by Gasteiger charge is 2.44. The van der Waals surface area contributed by atoms with E-state index in [0.29, 0.717) is 11.8 Å². The van der Waals surface area contributed by atoms with Crippen molar-refractivity contribution in [3.63, 3.8) is 0 Å². The van der Waals surface area contributed by atoms with Crippen LogP contribution in [0.5, 0.6) is 5.75 Å². The van der Waals surface area contributed by atoms with Crippen LogP contribution in [0.3, 0.4) is 0 Å². The first kappa shape index (κ1) is 28.6. The Bertz CT molecular complexity index is 2270. The Hall–Kier alpha value is -4.61. The smallest absolute Gasteiger partial charge is 0.388 e. The van der Waals surface area contributed by atoms with Gasteiger partial charge in [-0.1, -0.05) is 66.7 Å². The molecule has 5 aromatic carbocycles. The van der Waals surface area contributed by atoms with E-state index in [4.69, 9.17) is 22.6 Å². The fourth-order valence-electron chi connectivity index (χ4n) is 8.03. The molecule has 0 aliphatic carbocycles. The van der Waals surface area contributed by atoms with E-state index in [-0.39, 0.29) is 12.1 Å². The first-order chi connectivity index (χ1) is 23.2. The van der Waals surface area contributed by atoms with Crippen molar-refractivity contribution in [1.29, 1.82) is 0 Å². The number of benzene rings is 5. The van der Waals surface area contributed by atoms with Crippen LogP contribution in [-0.2, 0) is 0 Å². The van der Waals surface area contributed by atoms with Crippen molar-refractivity contribution in [2.24, 2.45) is 11.8 Å². The minimum Gasteiger partial charge on any atom is -0.497 e. The lowest BCUT2D eigenvalue weighted by Crippen LogP contribution is -2.55. The highest BCUT2D eigenvalue weighted by Crippen LogP contribution is 2.47. The number of hydrogen-bond donors (Lipinski definition) is 0. The van der Waals surface area contributed by atoms with Crippen molar-refractivity contribution < 1.29 is 17.7 Å². The first-order valence-electron chi connectivity index (χ1n) is 16.3. The van der Waals surface area contributed by atoms with Gasteiger partial charge in [0.25, 0.3) is 0 Å². The number of fused-ring (bicyclic) bond motifs is 11. The summed E-state index contributed by atoms with van der Waals surface area (Å²) in [5.74, 6) is 1.85. The number of pyridine rings is 1. The average Bonchev–Trinajstić information content (AvgIpc) is 3.30. The number of ether oxygens (including phenoxy) is 1. The summed E-state index contributed by atoms with van der Waals surface area (Å²) < 4.78 is 26.6. The molecule has 5 atom stereocenters. The first-order valence-corrected chi connectivity index (χ1v) is 17.4. The van der Waals surface area contributed by atoms with Gasteiger partial charge in [-0.2, -0.15) is 0 Å². The average molecular weight is 639 g/mol. The lowest BCUT2D eigenvalue weighted by atomic mass is 9.73. The molecule has 0 radical (unpaired) electrons. The minimum absolute atomic E-state index is 0.145. The van der Waals surface area contributed by atoms with Gasteiger partial charge in [0.05, 0.1) is 12.6 Å². The molecule has 0 N–H and O–H groups in total. The third-order valence-electron chi connectivity index (χ3n) is 10.4. The highest BCUT2D eigenvalue weighted by molar-refractivity contribution is 7.31. The van der Waals surface area contributed by atoms with Gasteiger partial charge < -0.3 is 13.1 Å². The van der Waals surface area contributed by atoms with Gasteiger partial charge in [-0.25, -0.2) is 0 Å². The number of hydrogen-bond acceptors (Lipinski definition) is 6. The molecular formula is C40H35N2O4P. The van der Waals surface area contributed by atoms with Crippen molar-refractivity contribution in [3.8, 4) is 5.75 Å². The van der Waals surface area contributed by atoms with E-state index < -0.39 is 8.24 Å². The standard InChI is InChI=1S/C40H35N2O4P/c1-3-25-24-42-21-19-28(25)22-35(42)40(32-18-20-41-34-15-14-29(43-2)23-33(32)34)46-47-44-36-16-12-26-8-4-6-10-30(26)38(36)39-31-11-7-5-9-27(31)13-17-37(39)45-47/h3-18,20,23,25,28,35,40H,1,19,21-22,24H2,2H3/t25-,28-,35-,40+/m0/s1. The zero-order valence-corrected chi connectivity index (χ0v) is 27.1. The monoisotopic (exact) mass is 638 g/mol. The van der Waals surface area contributed by atoms with E-state index >= 15 is 0 Å². The summed E-state index contributed by atoms with van der Waals surface area (Å²) in [6.45, 7) is 6.18. The molecule has 3 saturated heterocycles. The molecule has 7 heteroatoms. The summed E-state index contributed by atoms with van der Waals surface area (Å²) >= 11 is 0. The summed E-state index contributed by atoms with van der Waals surface area (Å²) in [4.78, 5) is 7.28. The van der Waals surface area contributed by atoms with Gasteiger partial charge in [0, 0.05) is 34.9 Å².